The second kappa shape index (κ2) is 6.49. The predicted octanol–water partition coefficient (Wildman–Crippen LogP) is 4.78. The molecule has 0 rings (SSSR count). The first-order valence-corrected chi connectivity index (χ1v) is 7.11. The van der Waals surface area contributed by atoms with Crippen LogP contribution in [0.5, 0.6) is 0 Å². The molecule has 0 unspecified atom stereocenters. The lowest BCUT2D eigenvalue weighted by Crippen LogP contribution is -2.30. The fourth-order valence-electron chi connectivity index (χ4n) is 1.52. The van der Waals surface area contributed by atoms with Crippen molar-refractivity contribution in [1.82, 2.24) is 0 Å². The number of aliphatic imine (C=N–C) groups is 2. The van der Waals surface area contributed by atoms with Gasteiger partial charge in [-0.15, -0.1) is 0 Å². The Bertz CT molecular complexity index is 283. The Labute approximate surface area is 114 Å². The third kappa shape index (κ3) is 7.62. The van der Waals surface area contributed by atoms with Crippen LogP contribution >= 0.6 is 0 Å². The molecule has 0 aromatic rings. The van der Waals surface area contributed by atoms with Gasteiger partial charge in [-0.1, -0.05) is 55.4 Å². The van der Waals surface area contributed by atoms with E-state index >= 15 is 0 Å². The molecule has 0 aromatic carbocycles. The molecule has 0 amide bonds. The average molecular weight is 252 g/mol. The van der Waals surface area contributed by atoms with Gasteiger partial charge in [-0.05, 0) is 23.7 Å². The molecule has 0 heterocycles. The van der Waals surface area contributed by atoms with Crippen LogP contribution in [0.4, 0.5) is 0 Å². The van der Waals surface area contributed by atoms with Crippen molar-refractivity contribution in [3.63, 3.8) is 0 Å². The molecule has 0 fully saturated rings. The highest BCUT2D eigenvalue weighted by Gasteiger charge is 2.25. The van der Waals surface area contributed by atoms with E-state index < -0.39 is 0 Å². The predicted molar refractivity (Wildman–Crippen MR) is 84.1 cm³/mol. The molecule has 0 radical (unpaired) electrons. The molecular weight excluding hydrogens is 220 g/mol. The molecule has 0 aromatic heterocycles. The first-order valence-electron chi connectivity index (χ1n) is 7.11. The van der Waals surface area contributed by atoms with Gasteiger partial charge >= 0.3 is 0 Å². The normalized spacial score (nSPS) is 14.9. The second-order valence-electron chi connectivity index (χ2n) is 7.39. The minimum absolute atomic E-state index is 0.0188. The molecule has 0 spiro atoms. The molecule has 0 aliphatic rings. The van der Waals surface area contributed by atoms with E-state index in [-0.39, 0.29) is 16.4 Å². The first-order chi connectivity index (χ1) is 8.04. The summed E-state index contributed by atoms with van der Waals surface area (Å²) in [7, 11) is 0. The summed E-state index contributed by atoms with van der Waals surface area (Å²) in [5.74, 6) is 0. The highest BCUT2D eigenvalue weighted by atomic mass is 14.9. The molecule has 0 saturated carbocycles. The van der Waals surface area contributed by atoms with Crippen molar-refractivity contribution in [2.75, 3.05) is 6.54 Å². The summed E-state index contributed by atoms with van der Waals surface area (Å²) in [5.41, 5.74) is 0.277. The van der Waals surface area contributed by atoms with Crippen molar-refractivity contribution in [3.8, 4) is 0 Å². The number of hydrogen-bond donors (Lipinski definition) is 0. The molecule has 0 atom stereocenters. The minimum atomic E-state index is -0.0188. The molecule has 2 heteroatoms. The lowest BCUT2D eigenvalue weighted by Gasteiger charge is -2.27. The fraction of sp³-hybridized carbons (Fsp3) is 0.875. The monoisotopic (exact) mass is 252 g/mol. The van der Waals surface area contributed by atoms with E-state index in [9.17, 15) is 0 Å². The zero-order valence-electron chi connectivity index (χ0n) is 13.7. The van der Waals surface area contributed by atoms with Gasteiger partial charge in [0.25, 0.3) is 0 Å². The van der Waals surface area contributed by atoms with Crippen molar-refractivity contribution in [2.45, 2.75) is 73.8 Å². The molecule has 0 aliphatic carbocycles. The standard InChI is InChI=1S/C16H32N2/c1-9-16(10-2,18-12-15(6,7)8)13-17-11-14(3,4)5/h11-12H,9-10,13H2,1-8H3. The van der Waals surface area contributed by atoms with Crippen molar-refractivity contribution in [1.29, 1.82) is 0 Å². The van der Waals surface area contributed by atoms with Gasteiger partial charge in [0.1, 0.15) is 0 Å². The number of nitrogens with zero attached hydrogens (tertiary/aromatic N) is 2. The van der Waals surface area contributed by atoms with Gasteiger partial charge in [0, 0.05) is 12.4 Å². The van der Waals surface area contributed by atoms with Crippen LogP contribution in [0, 0.1) is 10.8 Å². The summed E-state index contributed by atoms with van der Waals surface area (Å²) in [6.45, 7) is 18.3. The lowest BCUT2D eigenvalue weighted by atomic mass is 9.91. The maximum Gasteiger partial charge on any atom is 0.0793 e. The molecule has 0 bridgehead atoms. The van der Waals surface area contributed by atoms with Crippen LogP contribution in [-0.2, 0) is 0 Å². The smallest absolute Gasteiger partial charge is 0.0793 e. The first kappa shape index (κ1) is 17.3. The van der Waals surface area contributed by atoms with Gasteiger partial charge in [0.2, 0.25) is 0 Å². The maximum absolute atomic E-state index is 4.84. The molecule has 2 nitrogen and oxygen atoms in total. The molecule has 106 valence electrons. The highest BCUT2D eigenvalue weighted by molar-refractivity contribution is 5.65. The van der Waals surface area contributed by atoms with E-state index in [4.69, 9.17) is 4.99 Å². The number of hydrogen-bond acceptors (Lipinski definition) is 2. The van der Waals surface area contributed by atoms with E-state index in [2.05, 4.69) is 72.8 Å². The Morgan fingerprint density at radius 2 is 1.22 bits per heavy atom. The summed E-state index contributed by atoms with van der Waals surface area (Å²) < 4.78 is 0. The molecule has 18 heavy (non-hydrogen) atoms. The van der Waals surface area contributed by atoms with Crippen LogP contribution < -0.4 is 0 Å². The zero-order valence-corrected chi connectivity index (χ0v) is 13.7. The van der Waals surface area contributed by atoms with E-state index in [1.54, 1.807) is 0 Å². The van der Waals surface area contributed by atoms with E-state index in [1.807, 2.05) is 0 Å². The zero-order chi connectivity index (χ0) is 14.4. The van der Waals surface area contributed by atoms with Crippen molar-refractivity contribution in [3.05, 3.63) is 0 Å². The summed E-state index contributed by atoms with van der Waals surface area (Å²) in [4.78, 5) is 9.46. The Morgan fingerprint density at radius 3 is 1.56 bits per heavy atom. The lowest BCUT2D eigenvalue weighted by molar-refractivity contribution is 0.406. The fourth-order valence-corrected chi connectivity index (χ4v) is 1.52. The number of rotatable bonds is 5. The van der Waals surface area contributed by atoms with Crippen LogP contribution in [0.15, 0.2) is 9.98 Å². The maximum atomic E-state index is 4.84. The topological polar surface area (TPSA) is 24.7 Å². The Balaban J connectivity index is 4.84. The largest absolute Gasteiger partial charge is 0.294 e. The Morgan fingerprint density at radius 1 is 0.778 bits per heavy atom. The summed E-state index contributed by atoms with van der Waals surface area (Å²) in [5, 5.41) is 0. The molecule has 0 aliphatic heterocycles. The van der Waals surface area contributed by atoms with Gasteiger partial charge in [0.05, 0.1) is 12.1 Å². The van der Waals surface area contributed by atoms with Crippen LogP contribution in [-0.4, -0.2) is 24.5 Å². The van der Waals surface area contributed by atoms with Gasteiger partial charge in [-0.2, -0.15) is 0 Å². The van der Waals surface area contributed by atoms with Gasteiger partial charge in [0.15, 0.2) is 0 Å². The van der Waals surface area contributed by atoms with Crippen molar-refractivity contribution in [2.24, 2.45) is 20.8 Å². The van der Waals surface area contributed by atoms with Gasteiger partial charge < -0.3 is 0 Å². The minimum Gasteiger partial charge on any atom is -0.294 e. The summed E-state index contributed by atoms with van der Waals surface area (Å²) in [6, 6.07) is 0. The Hall–Kier alpha value is -0.660. The Kier molecular flexibility index (Phi) is 6.25. The third-order valence-corrected chi connectivity index (χ3v) is 2.91. The van der Waals surface area contributed by atoms with Crippen LogP contribution in [0.25, 0.3) is 0 Å². The van der Waals surface area contributed by atoms with E-state index in [1.165, 1.54) is 0 Å². The van der Waals surface area contributed by atoms with Crippen LogP contribution in [0.2, 0.25) is 0 Å². The third-order valence-electron chi connectivity index (χ3n) is 2.91. The molecule has 0 saturated heterocycles. The second-order valence-corrected chi connectivity index (χ2v) is 7.39. The van der Waals surface area contributed by atoms with Gasteiger partial charge in [-0.3, -0.25) is 9.98 Å². The van der Waals surface area contributed by atoms with E-state index in [0.717, 1.165) is 19.4 Å². The molecular formula is C16H32N2. The summed E-state index contributed by atoms with van der Waals surface area (Å²) >= 11 is 0. The average Bonchev–Trinajstić information content (AvgIpc) is 2.20. The quantitative estimate of drug-likeness (QED) is 0.629. The van der Waals surface area contributed by atoms with Crippen molar-refractivity contribution >= 4 is 12.4 Å². The van der Waals surface area contributed by atoms with Crippen LogP contribution in [0.1, 0.15) is 68.2 Å². The molecule has 0 N–H and O–H groups in total. The van der Waals surface area contributed by atoms with Crippen molar-refractivity contribution < 1.29 is 0 Å². The van der Waals surface area contributed by atoms with E-state index in [0.29, 0.717) is 0 Å². The summed E-state index contributed by atoms with van der Waals surface area (Å²) in [6.07, 6.45) is 6.22. The van der Waals surface area contributed by atoms with Crippen LogP contribution in [0.3, 0.4) is 0 Å². The highest BCUT2D eigenvalue weighted by Crippen LogP contribution is 2.23. The SMILES string of the molecule is CCC(CC)(CN=CC(C)(C)C)N=CC(C)(C)C. The van der Waals surface area contributed by atoms with Gasteiger partial charge in [-0.25, -0.2) is 0 Å².